The number of nitrogens with one attached hydrogen (secondary N) is 1. The minimum Gasteiger partial charge on any atom is -0.480 e. The van der Waals surface area contributed by atoms with Crippen molar-refractivity contribution in [2.45, 2.75) is 44.5 Å². The van der Waals surface area contributed by atoms with Crippen LogP contribution in [0, 0.1) is 0 Å². The second kappa shape index (κ2) is 9.34. The average molecular weight is 396 g/mol. The Hall–Kier alpha value is -3.19. The maximum atomic E-state index is 12.8. The van der Waals surface area contributed by atoms with Crippen LogP contribution in [0.4, 0.5) is 0 Å². The Morgan fingerprint density at radius 2 is 1.69 bits per heavy atom. The highest BCUT2D eigenvalue weighted by atomic mass is 16.4. The van der Waals surface area contributed by atoms with E-state index in [1.165, 1.54) is 4.90 Å². The number of hydrogen-bond acceptors (Lipinski definition) is 4. The van der Waals surface area contributed by atoms with Gasteiger partial charge in [-0.15, -0.1) is 0 Å². The maximum Gasteiger partial charge on any atom is 0.326 e. The number of carbonyl (C=O) groups is 3. The minimum absolute atomic E-state index is 0.0909. The van der Waals surface area contributed by atoms with Gasteiger partial charge in [0.1, 0.15) is 12.1 Å². The largest absolute Gasteiger partial charge is 0.480 e. The molecule has 0 bridgehead atoms. The van der Waals surface area contributed by atoms with Crippen LogP contribution in [0.1, 0.15) is 29.5 Å². The highest BCUT2D eigenvalue weighted by molar-refractivity contribution is 5.93. The molecule has 0 aliphatic carbocycles. The molecule has 0 unspecified atom stereocenters. The molecule has 2 atom stereocenters. The Labute approximate surface area is 169 Å². The SMILES string of the molecule is O=C(O)[C@H](Cc1ccc(CO)cc1)NC(=O)[C@@H]1CCC(=O)N1Cc1ccccc1. The van der Waals surface area contributed by atoms with E-state index in [1.807, 2.05) is 30.3 Å². The molecule has 0 saturated carbocycles. The van der Waals surface area contributed by atoms with Crippen molar-refractivity contribution in [3.63, 3.8) is 0 Å². The van der Waals surface area contributed by atoms with Gasteiger partial charge in [0.15, 0.2) is 0 Å². The van der Waals surface area contributed by atoms with Crippen LogP contribution in [-0.4, -0.2) is 45.0 Å². The van der Waals surface area contributed by atoms with Crippen molar-refractivity contribution in [2.24, 2.45) is 0 Å². The molecule has 0 spiro atoms. The van der Waals surface area contributed by atoms with Crippen LogP contribution in [0.2, 0.25) is 0 Å². The lowest BCUT2D eigenvalue weighted by atomic mass is 10.0. The summed E-state index contributed by atoms with van der Waals surface area (Å²) in [6.07, 6.45) is 0.756. The van der Waals surface area contributed by atoms with E-state index in [-0.39, 0.29) is 25.4 Å². The number of nitrogens with zero attached hydrogens (tertiary/aromatic N) is 1. The smallest absolute Gasteiger partial charge is 0.326 e. The third-order valence-corrected chi connectivity index (χ3v) is 5.09. The Kier molecular flexibility index (Phi) is 6.61. The lowest BCUT2D eigenvalue weighted by Crippen LogP contribution is -2.50. The van der Waals surface area contributed by atoms with Gasteiger partial charge in [-0.2, -0.15) is 0 Å². The van der Waals surface area contributed by atoms with Gasteiger partial charge in [-0.25, -0.2) is 4.79 Å². The summed E-state index contributed by atoms with van der Waals surface area (Å²) in [7, 11) is 0. The first kappa shape index (κ1) is 20.5. The van der Waals surface area contributed by atoms with E-state index < -0.39 is 24.0 Å². The third-order valence-electron chi connectivity index (χ3n) is 5.09. The zero-order valence-electron chi connectivity index (χ0n) is 16.0. The first-order chi connectivity index (χ1) is 14.0. The molecular weight excluding hydrogens is 372 g/mol. The molecule has 3 rings (SSSR count). The number of aliphatic hydroxyl groups is 1. The van der Waals surface area contributed by atoms with Gasteiger partial charge in [0.25, 0.3) is 0 Å². The number of amides is 2. The summed E-state index contributed by atoms with van der Waals surface area (Å²) in [6, 6.07) is 14.5. The molecule has 3 N–H and O–H groups in total. The number of carboxylic acids is 1. The zero-order chi connectivity index (χ0) is 20.8. The second-order valence-corrected chi connectivity index (χ2v) is 7.14. The fourth-order valence-electron chi connectivity index (χ4n) is 3.47. The molecule has 1 fully saturated rings. The van der Waals surface area contributed by atoms with Crippen LogP contribution in [0.5, 0.6) is 0 Å². The number of aliphatic hydroxyl groups excluding tert-OH is 1. The monoisotopic (exact) mass is 396 g/mol. The number of rotatable bonds is 8. The highest BCUT2D eigenvalue weighted by Crippen LogP contribution is 2.22. The van der Waals surface area contributed by atoms with E-state index >= 15 is 0 Å². The van der Waals surface area contributed by atoms with E-state index in [0.717, 1.165) is 16.7 Å². The summed E-state index contributed by atoms with van der Waals surface area (Å²) in [4.78, 5) is 38.3. The van der Waals surface area contributed by atoms with Crippen LogP contribution in [0.3, 0.4) is 0 Å². The second-order valence-electron chi connectivity index (χ2n) is 7.14. The first-order valence-electron chi connectivity index (χ1n) is 9.53. The summed E-state index contributed by atoms with van der Waals surface area (Å²) < 4.78 is 0. The first-order valence-corrected chi connectivity index (χ1v) is 9.53. The molecule has 2 amide bonds. The summed E-state index contributed by atoms with van der Waals surface area (Å²) >= 11 is 0. The van der Waals surface area contributed by atoms with Gasteiger partial charge in [0.2, 0.25) is 11.8 Å². The standard InChI is InChI=1S/C22H24N2O5/c25-14-17-8-6-15(7-9-17)12-18(22(28)29)23-21(27)19-10-11-20(26)24(19)13-16-4-2-1-3-5-16/h1-9,18-19,25H,10-14H2,(H,23,27)(H,28,29)/t18-,19-/m0/s1. The molecule has 7 nitrogen and oxygen atoms in total. The van der Waals surface area contributed by atoms with Crippen molar-refractivity contribution in [3.05, 3.63) is 71.3 Å². The third kappa shape index (κ3) is 5.20. The molecule has 2 aromatic carbocycles. The number of carboxylic acid groups (broad SMARTS) is 1. The van der Waals surface area contributed by atoms with E-state index in [9.17, 15) is 19.5 Å². The lowest BCUT2D eigenvalue weighted by molar-refractivity contribution is -0.143. The predicted octanol–water partition coefficient (Wildman–Crippen LogP) is 1.48. The van der Waals surface area contributed by atoms with Crippen LogP contribution in [0.25, 0.3) is 0 Å². The molecule has 1 heterocycles. The molecule has 0 aromatic heterocycles. The molecule has 2 aromatic rings. The Bertz CT molecular complexity index is 867. The fourth-order valence-corrected chi connectivity index (χ4v) is 3.47. The number of carbonyl (C=O) groups excluding carboxylic acids is 2. The van der Waals surface area contributed by atoms with Gasteiger partial charge in [-0.3, -0.25) is 9.59 Å². The Morgan fingerprint density at radius 1 is 1.03 bits per heavy atom. The Morgan fingerprint density at radius 3 is 2.31 bits per heavy atom. The molecule has 29 heavy (non-hydrogen) atoms. The molecule has 152 valence electrons. The van der Waals surface area contributed by atoms with Gasteiger partial charge in [-0.05, 0) is 23.1 Å². The molecular formula is C22H24N2O5. The van der Waals surface area contributed by atoms with Gasteiger partial charge in [0.05, 0.1) is 6.61 Å². The van der Waals surface area contributed by atoms with Crippen molar-refractivity contribution in [3.8, 4) is 0 Å². The van der Waals surface area contributed by atoms with Crippen LogP contribution in [-0.2, 0) is 34.0 Å². The Balaban J connectivity index is 1.67. The molecule has 0 radical (unpaired) electrons. The van der Waals surface area contributed by atoms with Crippen molar-refractivity contribution < 1.29 is 24.6 Å². The number of likely N-dealkylation sites (tertiary alicyclic amines) is 1. The number of aliphatic carboxylic acids is 1. The van der Waals surface area contributed by atoms with Crippen molar-refractivity contribution in [1.29, 1.82) is 0 Å². The van der Waals surface area contributed by atoms with Crippen molar-refractivity contribution >= 4 is 17.8 Å². The van der Waals surface area contributed by atoms with Crippen molar-refractivity contribution in [2.75, 3.05) is 0 Å². The van der Waals surface area contributed by atoms with E-state index in [0.29, 0.717) is 13.0 Å². The number of hydrogen-bond donors (Lipinski definition) is 3. The summed E-state index contributed by atoms with van der Waals surface area (Å²) in [5.74, 6) is -1.70. The van der Waals surface area contributed by atoms with Gasteiger partial charge < -0.3 is 20.4 Å². The van der Waals surface area contributed by atoms with Gasteiger partial charge in [-0.1, -0.05) is 54.6 Å². The summed E-state index contributed by atoms with van der Waals surface area (Å²) in [5, 5.41) is 21.2. The maximum absolute atomic E-state index is 12.8. The molecule has 1 aliphatic rings. The van der Waals surface area contributed by atoms with Crippen LogP contribution in [0.15, 0.2) is 54.6 Å². The van der Waals surface area contributed by atoms with Crippen LogP contribution >= 0.6 is 0 Å². The zero-order valence-corrected chi connectivity index (χ0v) is 16.0. The highest BCUT2D eigenvalue weighted by Gasteiger charge is 2.37. The van der Waals surface area contributed by atoms with Gasteiger partial charge >= 0.3 is 5.97 Å². The predicted molar refractivity (Wildman–Crippen MR) is 106 cm³/mol. The van der Waals surface area contributed by atoms with E-state index in [2.05, 4.69) is 5.32 Å². The molecule has 1 saturated heterocycles. The van der Waals surface area contributed by atoms with Gasteiger partial charge in [0, 0.05) is 19.4 Å². The van der Waals surface area contributed by atoms with E-state index in [4.69, 9.17) is 5.11 Å². The summed E-state index contributed by atoms with van der Waals surface area (Å²) in [6.45, 7) is 0.227. The normalized spacial score (nSPS) is 17.2. The topological polar surface area (TPSA) is 107 Å². The fraction of sp³-hybridized carbons (Fsp3) is 0.318. The van der Waals surface area contributed by atoms with Crippen molar-refractivity contribution in [1.82, 2.24) is 10.2 Å². The number of benzene rings is 2. The quantitative estimate of drug-likeness (QED) is 0.627. The summed E-state index contributed by atoms with van der Waals surface area (Å²) in [5.41, 5.74) is 2.38. The molecule has 7 heteroatoms. The van der Waals surface area contributed by atoms with Crippen LogP contribution < -0.4 is 5.32 Å². The average Bonchev–Trinajstić information content (AvgIpc) is 3.09. The van der Waals surface area contributed by atoms with E-state index in [1.54, 1.807) is 24.3 Å². The lowest BCUT2D eigenvalue weighted by Gasteiger charge is -2.25. The molecule has 1 aliphatic heterocycles. The minimum atomic E-state index is -1.14.